The summed E-state index contributed by atoms with van der Waals surface area (Å²) in [5.74, 6) is -1.16. The Morgan fingerprint density at radius 3 is 2.36 bits per heavy atom. The van der Waals surface area contributed by atoms with Crippen LogP contribution in [0.1, 0.15) is 47.8 Å². The van der Waals surface area contributed by atoms with Crippen LogP contribution in [0.3, 0.4) is 0 Å². The standard InChI is InChI=1S/C26H29FN2O6S/c1-26(2,3)22-11-17(20-12-18(27)14-28-24(20)30)10-16(23(22)35-4)7-6-15-8-9-19(29-36(5,33)34)13-21(15)25(31)32/h8-14,29H,6-7H2,1-5H3,(H,28,30)(H,31,32). The normalized spacial score (nSPS) is 11.8. The Balaban J connectivity index is 2.09. The number of hydrogen-bond donors (Lipinski definition) is 3. The largest absolute Gasteiger partial charge is 0.496 e. The zero-order valence-electron chi connectivity index (χ0n) is 20.7. The Labute approximate surface area is 209 Å². The summed E-state index contributed by atoms with van der Waals surface area (Å²) in [6.45, 7) is 5.97. The average molecular weight is 517 g/mol. The van der Waals surface area contributed by atoms with Crippen molar-refractivity contribution >= 4 is 21.7 Å². The molecule has 0 saturated carbocycles. The van der Waals surface area contributed by atoms with E-state index in [2.05, 4.69) is 9.71 Å². The van der Waals surface area contributed by atoms with E-state index in [1.807, 2.05) is 20.8 Å². The maximum Gasteiger partial charge on any atom is 0.336 e. The zero-order chi connectivity index (χ0) is 26.8. The predicted octanol–water partition coefficient (Wildman–Crippen LogP) is 4.34. The lowest BCUT2D eigenvalue weighted by atomic mass is 9.82. The van der Waals surface area contributed by atoms with Crippen LogP contribution in [0.5, 0.6) is 5.75 Å². The van der Waals surface area contributed by atoms with Crippen LogP contribution in [0.2, 0.25) is 0 Å². The molecular weight excluding hydrogens is 487 g/mol. The highest BCUT2D eigenvalue weighted by atomic mass is 32.2. The lowest BCUT2D eigenvalue weighted by molar-refractivity contribution is 0.0695. The Morgan fingerprint density at radius 1 is 1.11 bits per heavy atom. The fraction of sp³-hybridized carbons (Fsp3) is 0.308. The second-order valence-corrected chi connectivity index (χ2v) is 11.3. The van der Waals surface area contributed by atoms with Gasteiger partial charge in [0.15, 0.2) is 0 Å². The number of carbonyl (C=O) groups is 1. The minimum atomic E-state index is -3.57. The van der Waals surface area contributed by atoms with Gasteiger partial charge >= 0.3 is 5.97 Å². The third-order valence-corrected chi connectivity index (χ3v) is 6.27. The van der Waals surface area contributed by atoms with E-state index in [1.54, 1.807) is 18.2 Å². The molecule has 0 aliphatic rings. The van der Waals surface area contributed by atoms with Crippen LogP contribution < -0.4 is 15.0 Å². The van der Waals surface area contributed by atoms with Gasteiger partial charge in [0.05, 0.1) is 18.9 Å². The lowest BCUT2D eigenvalue weighted by Gasteiger charge is -2.25. The van der Waals surface area contributed by atoms with Crippen molar-refractivity contribution in [2.75, 3.05) is 18.1 Å². The number of aromatic nitrogens is 1. The van der Waals surface area contributed by atoms with Gasteiger partial charge in [-0.05, 0) is 65.3 Å². The molecule has 2 aromatic carbocycles. The average Bonchev–Trinajstić information content (AvgIpc) is 2.77. The number of methoxy groups -OCH3 is 1. The number of aryl methyl sites for hydroxylation is 2. The fourth-order valence-corrected chi connectivity index (χ4v) is 4.60. The van der Waals surface area contributed by atoms with Crippen LogP contribution in [0.25, 0.3) is 11.1 Å². The molecule has 10 heteroatoms. The van der Waals surface area contributed by atoms with E-state index in [1.165, 1.54) is 25.3 Å². The van der Waals surface area contributed by atoms with Crippen molar-refractivity contribution in [1.29, 1.82) is 0 Å². The van der Waals surface area contributed by atoms with E-state index in [9.17, 15) is 27.5 Å². The fourth-order valence-electron chi connectivity index (χ4n) is 4.04. The molecular formula is C26H29FN2O6S. The van der Waals surface area contributed by atoms with Crippen molar-refractivity contribution in [2.45, 2.75) is 39.0 Å². The Hall–Kier alpha value is -3.66. The smallest absolute Gasteiger partial charge is 0.336 e. The summed E-state index contributed by atoms with van der Waals surface area (Å²) in [4.78, 5) is 26.7. The molecule has 3 rings (SSSR count). The van der Waals surface area contributed by atoms with Crippen LogP contribution in [0.4, 0.5) is 10.1 Å². The number of hydrogen-bond acceptors (Lipinski definition) is 5. The van der Waals surface area contributed by atoms with Gasteiger partial charge in [0.2, 0.25) is 10.0 Å². The SMILES string of the molecule is COc1c(CCc2ccc(NS(C)(=O)=O)cc2C(=O)O)cc(-c2cc(F)c[nH]c2=O)cc1C(C)(C)C. The second-order valence-electron chi connectivity index (χ2n) is 9.58. The number of nitrogens with one attached hydrogen (secondary N) is 2. The number of benzene rings is 2. The molecule has 36 heavy (non-hydrogen) atoms. The predicted molar refractivity (Wildman–Crippen MR) is 137 cm³/mol. The molecule has 0 aliphatic carbocycles. The molecule has 8 nitrogen and oxygen atoms in total. The molecule has 0 unspecified atom stereocenters. The van der Waals surface area contributed by atoms with Crippen molar-refractivity contribution in [1.82, 2.24) is 4.98 Å². The molecule has 0 aliphatic heterocycles. The van der Waals surface area contributed by atoms with Crippen molar-refractivity contribution in [3.05, 3.63) is 81.0 Å². The third kappa shape index (κ3) is 6.31. The number of sulfonamides is 1. The van der Waals surface area contributed by atoms with E-state index >= 15 is 0 Å². The monoisotopic (exact) mass is 516 g/mol. The van der Waals surface area contributed by atoms with Gasteiger partial charge in [0, 0.05) is 23.0 Å². The van der Waals surface area contributed by atoms with Gasteiger partial charge in [-0.15, -0.1) is 0 Å². The molecule has 0 fully saturated rings. The summed E-state index contributed by atoms with van der Waals surface area (Å²) in [5, 5.41) is 9.71. The molecule has 0 spiro atoms. The number of carboxylic acid groups (broad SMARTS) is 1. The van der Waals surface area contributed by atoms with E-state index in [-0.39, 0.29) is 22.2 Å². The molecule has 0 saturated heterocycles. The second kappa shape index (κ2) is 10.1. The summed E-state index contributed by atoms with van der Waals surface area (Å²) in [6, 6.07) is 9.07. The molecule has 0 bridgehead atoms. The molecule has 1 heterocycles. The molecule has 1 aromatic heterocycles. The first-order valence-corrected chi connectivity index (χ1v) is 13.0. The van der Waals surface area contributed by atoms with Gasteiger partial charge in [-0.25, -0.2) is 17.6 Å². The highest BCUT2D eigenvalue weighted by molar-refractivity contribution is 7.92. The van der Waals surface area contributed by atoms with E-state index in [4.69, 9.17) is 4.74 Å². The topological polar surface area (TPSA) is 126 Å². The number of aromatic carboxylic acids is 1. The molecule has 0 atom stereocenters. The van der Waals surface area contributed by atoms with Gasteiger partial charge in [-0.2, -0.15) is 0 Å². The van der Waals surface area contributed by atoms with Crippen LogP contribution >= 0.6 is 0 Å². The third-order valence-electron chi connectivity index (χ3n) is 5.66. The number of anilines is 1. The van der Waals surface area contributed by atoms with Crippen LogP contribution in [0, 0.1) is 5.82 Å². The molecule has 192 valence electrons. The Kier molecular flexibility index (Phi) is 7.59. The zero-order valence-corrected chi connectivity index (χ0v) is 21.5. The number of rotatable bonds is 8. The lowest BCUT2D eigenvalue weighted by Crippen LogP contribution is -2.16. The minimum Gasteiger partial charge on any atom is -0.496 e. The summed E-state index contributed by atoms with van der Waals surface area (Å²) in [5.41, 5.74) is 2.03. The number of carboxylic acids is 1. The number of ether oxygens (including phenoxy) is 1. The van der Waals surface area contributed by atoms with Crippen molar-refractivity contribution < 1.29 is 27.4 Å². The van der Waals surface area contributed by atoms with Crippen LogP contribution in [-0.4, -0.2) is 37.8 Å². The maximum absolute atomic E-state index is 13.9. The van der Waals surface area contributed by atoms with Gasteiger partial charge in [-0.1, -0.05) is 26.8 Å². The Bertz CT molecular complexity index is 1470. The van der Waals surface area contributed by atoms with E-state index < -0.39 is 27.4 Å². The number of halogens is 1. The summed E-state index contributed by atoms with van der Waals surface area (Å²) in [6.07, 6.45) is 2.63. The molecule has 0 radical (unpaired) electrons. The van der Waals surface area contributed by atoms with Crippen molar-refractivity contribution in [3.63, 3.8) is 0 Å². The van der Waals surface area contributed by atoms with Gasteiger partial charge in [0.25, 0.3) is 5.56 Å². The molecule has 3 aromatic rings. The minimum absolute atomic E-state index is 0.0311. The molecule has 3 N–H and O–H groups in total. The van der Waals surface area contributed by atoms with Gasteiger partial charge in [-0.3, -0.25) is 9.52 Å². The number of pyridine rings is 1. The first-order chi connectivity index (χ1) is 16.7. The first kappa shape index (κ1) is 26.9. The summed E-state index contributed by atoms with van der Waals surface area (Å²) in [7, 11) is -2.03. The molecule has 0 amide bonds. The maximum atomic E-state index is 13.9. The highest BCUT2D eigenvalue weighted by Gasteiger charge is 2.24. The highest BCUT2D eigenvalue weighted by Crippen LogP contribution is 2.38. The van der Waals surface area contributed by atoms with Crippen molar-refractivity contribution in [3.8, 4) is 16.9 Å². The van der Waals surface area contributed by atoms with Crippen LogP contribution in [-0.2, 0) is 28.3 Å². The number of H-pyrrole nitrogens is 1. The summed E-state index contributed by atoms with van der Waals surface area (Å²) < 4.78 is 45.0. The first-order valence-electron chi connectivity index (χ1n) is 11.1. The van der Waals surface area contributed by atoms with E-state index in [0.29, 0.717) is 29.7 Å². The Morgan fingerprint density at radius 2 is 1.78 bits per heavy atom. The van der Waals surface area contributed by atoms with Gasteiger partial charge in [0.1, 0.15) is 11.6 Å². The van der Waals surface area contributed by atoms with E-state index in [0.717, 1.165) is 23.6 Å². The van der Waals surface area contributed by atoms with Crippen molar-refractivity contribution in [2.24, 2.45) is 0 Å². The number of aromatic amines is 1. The van der Waals surface area contributed by atoms with Crippen LogP contribution in [0.15, 0.2) is 47.4 Å². The van der Waals surface area contributed by atoms with Gasteiger partial charge < -0.3 is 14.8 Å². The summed E-state index contributed by atoms with van der Waals surface area (Å²) >= 11 is 0. The quantitative estimate of drug-likeness (QED) is 0.409.